The van der Waals surface area contributed by atoms with Crippen molar-refractivity contribution in [2.24, 2.45) is 5.73 Å². The highest BCUT2D eigenvalue weighted by molar-refractivity contribution is 8.01. The predicted octanol–water partition coefficient (Wildman–Crippen LogP) is 2.59. The molecule has 0 bridgehead atoms. The van der Waals surface area contributed by atoms with Crippen molar-refractivity contribution < 1.29 is 9.59 Å². The van der Waals surface area contributed by atoms with Crippen LogP contribution in [0, 0.1) is 13.8 Å². The van der Waals surface area contributed by atoms with E-state index in [1.165, 1.54) is 23.1 Å². The third-order valence-electron chi connectivity index (χ3n) is 2.60. The maximum absolute atomic E-state index is 12.1. The summed E-state index contributed by atoms with van der Waals surface area (Å²) in [6, 6.07) is 7.35. The van der Waals surface area contributed by atoms with Crippen LogP contribution in [0.4, 0.5) is 5.13 Å². The summed E-state index contributed by atoms with van der Waals surface area (Å²) in [6.45, 7) is 3.77. The molecule has 0 spiro atoms. The van der Waals surface area contributed by atoms with Crippen molar-refractivity contribution in [3.8, 4) is 0 Å². The monoisotopic (exact) mass is 321 g/mol. The first-order valence-electron chi connectivity index (χ1n) is 6.22. The van der Waals surface area contributed by atoms with Crippen LogP contribution in [0.5, 0.6) is 0 Å². The van der Waals surface area contributed by atoms with Crippen molar-refractivity contribution in [2.45, 2.75) is 18.1 Å². The minimum atomic E-state index is -0.377. The minimum absolute atomic E-state index is 0.195. The quantitative estimate of drug-likeness (QED) is 0.829. The van der Waals surface area contributed by atoms with Crippen molar-refractivity contribution in [1.29, 1.82) is 0 Å². The van der Waals surface area contributed by atoms with Crippen LogP contribution in [0.3, 0.4) is 0 Å². The number of rotatable bonds is 5. The molecule has 0 aliphatic heterocycles. The Kier molecular flexibility index (Phi) is 4.98. The number of amides is 2. The fourth-order valence-corrected chi connectivity index (χ4v) is 3.53. The lowest BCUT2D eigenvalue weighted by atomic mass is 10.1. The number of thioether (sulfide) groups is 1. The number of nitrogens with one attached hydrogen (secondary N) is 1. The van der Waals surface area contributed by atoms with Crippen LogP contribution in [-0.2, 0) is 4.79 Å². The summed E-state index contributed by atoms with van der Waals surface area (Å²) in [4.78, 5) is 27.2. The van der Waals surface area contributed by atoms with Gasteiger partial charge in [-0.05, 0) is 26.0 Å². The van der Waals surface area contributed by atoms with Crippen molar-refractivity contribution >= 4 is 40.0 Å². The molecule has 3 N–H and O–H groups in total. The van der Waals surface area contributed by atoms with Crippen LogP contribution in [0.25, 0.3) is 0 Å². The number of carbonyl (C=O) groups excluding carboxylic acids is 2. The first kappa shape index (κ1) is 15.5. The van der Waals surface area contributed by atoms with Crippen LogP contribution < -0.4 is 11.1 Å². The molecule has 0 aliphatic rings. The molecular weight excluding hydrogens is 306 g/mol. The van der Waals surface area contributed by atoms with Crippen molar-refractivity contribution in [3.63, 3.8) is 0 Å². The second kappa shape index (κ2) is 6.73. The maximum atomic E-state index is 12.1. The number of thiazole rings is 1. The van der Waals surface area contributed by atoms with Crippen LogP contribution >= 0.6 is 23.1 Å². The molecule has 21 heavy (non-hydrogen) atoms. The summed E-state index contributed by atoms with van der Waals surface area (Å²) in [5, 5.41) is 3.29. The Morgan fingerprint density at radius 3 is 2.81 bits per heavy atom. The lowest BCUT2D eigenvalue weighted by Gasteiger charge is -2.02. The molecule has 1 aromatic carbocycles. The van der Waals surface area contributed by atoms with Gasteiger partial charge in [0.05, 0.1) is 15.7 Å². The van der Waals surface area contributed by atoms with E-state index in [4.69, 9.17) is 5.73 Å². The second-order valence-electron chi connectivity index (χ2n) is 4.47. The van der Waals surface area contributed by atoms with Crippen molar-refractivity contribution in [1.82, 2.24) is 4.98 Å². The molecule has 0 atom stereocenters. The number of aryl methyl sites for hydroxylation is 2. The van der Waals surface area contributed by atoms with Gasteiger partial charge in [-0.25, -0.2) is 4.98 Å². The zero-order valence-corrected chi connectivity index (χ0v) is 13.3. The highest BCUT2D eigenvalue weighted by atomic mass is 32.2. The molecule has 0 saturated heterocycles. The second-order valence-corrected chi connectivity index (χ2v) is 6.71. The molecule has 2 rings (SSSR count). The van der Waals surface area contributed by atoms with E-state index in [9.17, 15) is 9.59 Å². The fourth-order valence-electron chi connectivity index (χ4n) is 1.66. The van der Waals surface area contributed by atoms with E-state index < -0.39 is 0 Å². The topological polar surface area (TPSA) is 85.1 Å². The van der Waals surface area contributed by atoms with Gasteiger partial charge in [0.2, 0.25) is 5.91 Å². The summed E-state index contributed by atoms with van der Waals surface area (Å²) in [5.41, 5.74) is 7.52. The molecule has 2 amide bonds. The van der Waals surface area contributed by atoms with Gasteiger partial charge in [0, 0.05) is 5.56 Å². The van der Waals surface area contributed by atoms with Gasteiger partial charge in [-0.3, -0.25) is 14.9 Å². The smallest absolute Gasteiger partial charge is 0.257 e. The molecule has 0 unspecified atom stereocenters. The number of nitrogens with zero attached hydrogens (tertiary/aromatic N) is 1. The lowest BCUT2D eigenvalue weighted by molar-refractivity contribution is -0.115. The Bertz CT molecular complexity index is 683. The normalized spacial score (nSPS) is 10.4. The average Bonchev–Trinajstić information content (AvgIpc) is 2.76. The summed E-state index contributed by atoms with van der Waals surface area (Å²) in [5.74, 6) is -0.369. The number of nitrogens with two attached hydrogens (primary N) is 1. The molecule has 0 saturated carbocycles. The third-order valence-corrected chi connectivity index (χ3v) is 5.06. The molecule has 5 nitrogen and oxygen atoms in total. The molecule has 1 heterocycles. The van der Waals surface area contributed by atoms with Gasteiger partial charge in [0.15, 0.2) is 5.13 Å². The molecule has 7 heteroatoms. The van der Waals surface area contributed by atoms with Gasteiger partial charge in [0.25, 0.3) is 5.91 Å². The number of carbonyl (C=O) groups is 2. The number of aromatic nitrogens is 1. The Hall–Kier alpha value is -1.86. The Balaban J connectivity index is 2.08. The van der Waals surface area contributed by atoms with Gasteiger partial charge >= 0.3 is 0 Å². The van der Waals surface area contributed by atoms with Gasteiger partial charge in [0.1, 0.15) is 0 Å². The van der Waals surface area contributed by atoms with E-state index >= 15 is 0 Å². The highest BCUT2D eigenvalue weighted by Crippen LogP contribution is 2.32. The summed E-state index contributed by atoms with van der Waals surface area (Å²) < 4.78 is 0.883. The van der Waals surface area contributed by atoms with Gasteiger partial charge < -0.3 is 5.73 Å². The molecule has 2 aromatic rings. The minimum Gasteiger partial charge on any atom is -0.369 e. The van der Waals surface area contributed by atoms with Gasteiger partial charge in [-0.2, -0.15) is 0 Å². The summed E-state index contributed by atoms with van der Waals surface area (Å²) >= 11 is 2.67. The number of anilines is 1. The standard InChI is InChI=1S/C14H15N3O2S2/c1-8-4-3-5-10(6-8)12(19)17-14-16-9(2)13(21-14)20-7-11(15)18/h3-6H,7H2,1-2H3,(H2,15,18)(H,16,17,19). The first-order valence-corrected chi connectivity index (χ1v) is 8.02. The molecule has 1 aromatic heterocycles. The number of benzene rings is 1. The lowest BCUT2D eigenvalue weighted by Crippen LogP contribution is -2.12. The molecular formula is C14H15N3O2S2. The number of primary amides is 1. The summed E-state index contributed by atoms with van der Waals surface area (Å²) in [6.07, 6.45) is 0. The van der Waals surface area contributed by atoms with Gasteiger partial charge in [-0.1, -0.05) is 29.0 Å². The van der Waals surface area contributed by atoms with Crippen molar-refractivity contribution in [2.75, 3.05) is 11.1 Å². The van der Waals surface area contributed by atoms with E-state index in [1.54, 1.807) is 6.07 Å². The maximum Gasteiger partial charge on any atom is 0.257 e. The zero-order chi connectivity index (χ0) is 15.4. The molecule has 0 aliphatic carbocycles. The van der Waals surface area contributed by atoms with Crippen LogP contribution in [0.15, 0.2) is 28.5 Å². The van der Waals surface area contributed by atoms with Crippen LogP contribution in [0.1, 0.15) is 21.6 Å². The number of hydrogen-bond donors (Lipinski definition) is 2. The van der Waals surface area contributed by atoms with E-state index in [2.05, 4.69) is 10.3 Å². The largest absolute Gasteiger partial charge is 0.369 e. The number of hydrogen-bond acceptors (Lipinski definition) is 5. The highest BCUT2D eigenvalue weighted by Gasteiger charge is 2.13. The molecule has 0 radical (unpaired) electrons. The van der Waals surface area contributed by atoms with Crippen LogP contribution in [0.2, 0.25) is 0 Å². The Morgan fingerprint density at radius 1 is 1.38 bits per heavy atom. The SMILES string of the molecule is Cc1cccc(C(=O)Nc2nc(C)c(SCC(N)=O)s2)c1. The van der Waals surface area contributed by atoms with E-state index in [1.807, 2.05) is 32.0 Å². The fraction of sp³-hybridized carbons (Fsp3) is 0.214. The van der Waals surface area contributed by atoms with Gasteiger partial charge in [-0.15, -0.1) is 11.8 Å². The zero-order valence-electron chi connectivity index (χ0n) is 11.7. The first-order chi connectivity index (χ1) is 9.95. The average molecular weight is 321 g/mol. The summed E-state index contributed by atoms with van der Waals surface area (Å²) in [7, 11) is 0. The van der Waals surface area contributed by atoms with E-state index in [0.29, 0.717) is 10.7 Å². The Morgan fingerprint density at radius 2 is 2.14 bits per heavy atom. The molecule has 110 valence electrons. The predicted molar refractivity (Wildman–Crippen MR) is 85.9 cm³/mol. The van der Waals surface area contributed by atoms with E-state index in [-0.39, 0.29) is 17.6 Å². The molecule has 0 fully saturated rings. The Labute approximate surface area is 131 Å². The van der Waals surface area contributed by atoms with E-state index in [0.717, 1.165) is 15.5 Å². The van der Waals surface area contributed by atoms with Crippen molar-refractivity contribution in [3.05, 3.63) is 41.1 Å². The third kappa shape index (κ3) is 4.30. The van der Waals surface area contributed by atoms with Crippen LogP contribution in [-0.4, -0.2) is 22.6 Å².